The molecule has 0 aromatic heterocycles. The monoisotopic (exact) mass is 275 g/mol. The predicted octanol–water partition coefficient (Wildman–Crippen LogP) is 2.53. The Labute approximate surface area is 121 Å². The van der Waals surface area contributed by atoms with Crippen molar-refractivity contribution in [1.82, 2.24) is 4.90 Å². The second-order valence-electron chi connectivity index (χ2n) is 7.44. The molecule has 3 heteroatoms. The molecule has 20 heavy (non-hydrogen) atoms. The lowest BCUT2D eigenvalue weighted by Crippen LogP contribution is -2.60. The fourth-order valence-electron chi connectivity index (χ4n) is 3.96. The Bertz CT molecular complexity index is 493. The summed E-state index contributed by atoms with van der Waals surface area (Å²) in [5.41, 5.74) is 2.04. The van der Waals surface area contributed by atoms with Crippen LogP contribution in [0.15, 0.2) is 24.3 Å². The summed E-state index contributed by atoms with van der Waals surface area (Å²) >= 11 is 0. The molecule has 0 bridgehead atoms. The van der Waals surface area contributed by atoms with Crippen molar-refractivity contribution in [3.63, 3.8) is 0 Å². The third-order valence-electron chi connectivity index (χ3n) is 4.36. The molecule has 1 aromatic rings. The lowest BCUT2D eigenvalue weighted by Gasteiger charge is -2.49. The van der Waals surface area contributed by atoms with Crippen molar-refractivity contribution in [2.75, 3.05) is 13.1 Å². The lowest BCUT2D eigenvalue weighted by molar-refractivity contribution is -0.192. The van der Waals surface area contributed by atoms with Crippen LogP contribution in [0.5, 0.6) is 0 Å². The number of ether oxygens (including phenoxy) is 1. The number of aliphatic hydroxyl groups is 1. The molecule has 1 aliphatic carbocycles. The van der Waals surface area contributed by atoms with Crippen LogP contribution in [0, 0.1) is 0 Å². The highest BCUT2D eigenvalue weighted by molar-refractivity contribution is 5.36. The first kappa shape index (κ1) is 14.1. The van der Waals surface area contributed by atoms with E-state index >= 15 is 0 Å². The molecule has 2 unspecified atom stereocenters. The smallest absolute Gasteiger partial charge is 0.0951 e. The van der Waals surface area contributed by atoms with Gasteiger partial charge >= 0.3 is 0 Å². The Hall–Kier alpha value is -0.900. The van der Waals surface area contributed by atoms with Crippen molar-refractivity contribution in [3.05, 3.63) is 35.4 Å². The molecule has 0 spiro atoms. The molecule has 3 nitrogen and oxygen atoms in total. The van der Waals surface area contributed by atoms with Crippen molar-refractivity contribution in [2.45, 2.75) is 57.5 Å². The molecule has 1 aliphatic heterocycles. The maximum atomic E-state index is 10.7. The summed E-state index contributed by atoms with van der Waals surface area (Å²) in [6.07, 6.45) is 0.555. The normalized spacial score (nSPS) is 32.0. The molecule has 1 fully saturated rings. The number of hydrogen-bond acceptors (Lipinski definition) is 3. The van der Waals surface area contributed by atoms with Gasteiger partial charge in [0.05, 0.1) is 17.3 Å². The van der Waals surface area contributed by atoms with Crippen LogP contribution in [-0.4, -0.2) is 40.3 Å². The average Bonchev–Trinajstić information content (AvgIpc) is 2.64. The summed E-state index contributed by atoms with van der Waals surface area (Å²) in [4.78, 5) is 2.41. The number of fused-ring (bicyclic) bond motifs is 1. The van der Waals surface area contributed by atoms with Crippen LogP contribution in [0.2, 0.25) is 0 Å². The first-order valence-electron chi connectivity index (χ1n) is 7.48. The molecule has 0 amide bonds. The number of hydrogen-bond donors (Lipinski definition) is 1. The zero-order valence-corrected chi connectivity index (χ0v) is 12.9. The minimum absolute atomic E-state index is 0.170. The molecule has 1 N–H and O–H groups in total. The minimum Gasteiger partial charge on any atom is -0.387 e. The molecule has 1 heterocycles. The molecule has 110 valence electrons. The van der Waals surface area contributed by atoms with Crippen molar-refractivity contribution in [2.24, 2.45) is 0 Å². The molecular formula is C17H25NO2. The van der Waals surface area contributed by atoms with Gasteiger partial charge in [0.1, 0.15) is 0 Å². The summed E-state index contributed by atoms with van der Waals surface area (Å²) in [7, 11) is 0. The topological polar surface area (TPSA) is 32.7 Å². The predicted molar refractivity (Wildman–Crippen MR) is 79.7 cm³/mol. The number of morpholine rings is 1. The quantitative estimate of drug-likeness (QED) is 0.855. The zero-order valence-electron chi connectivity index (χ0n) is 12.9. The Morgan fingerprint density at radius 2 is 1.70 bits per heavy atom. The van der Waals surface area contributed by atoms with Crippen molar-refractivity contribution < 1.29 is 9.84 Å². The number of rotatable bonds is 1. The van der Waals surface area contributed by atoms with E-state index in [0.29, 0.717) is 0 Å². The second-order valence-corrected chi connectivity index (χ2v) is 7.44. The molecule has 0 saturated carbocycles. The molecule has 1 aromatic carbocycles. The third-order valence-corrected chi connectivity index (χ3v) is 4.36. The number of benzene rings is 1. The highest BCUT2D eigenvalue weighted by Gasteiger charge is 2.44. The number of nitrogens with zero attached hydrogens (tertiary/aromatic N) is 1. The van der Waals surface area contributed by atoms with Crippen molar-refractivity contribution in [3.8, 4) is 0 Å². The van der Waals surface area contributed by atoms with Gasteiger partial charge in [0.15, 0.2) is 0 Å². The Kier molecular flexibility index (Phi) is 3.20. The van der Waals surface area contributed by atoms with Crippen molar-refractivity contribution in [1.29, 1.82) is 0 Å². The Morgan fingerprint density at radius 1 is 1.10 bits per heavy atom. The van der Waals surface area contributed by atoms with E-state index in [2.05, 4.69) is 50.8 Å². The molecular weight excluding hydrogens is 250 g/mol. The van der Waals surface area contributed by atoms with Crippen molar-refractivity contribution >= 4 is 0 Å². The fraction of sp³-hybridized carbons (Fsp3) is 0.647. The number of aliphatic hydroxyl groups excluding tert-OH is 1. The van der Waals surface area contributed by atoms with Gasteiger partial charge in [0.2, 0.25) is 0 Å². The first-order valence-corrected chi connectivity index (χ1v) is 7.48. The van der Waals surface area contributed by atoms with E-state index < -0.39 is 0 Å². The van der Waals surface area contributed by atoms with Gasteiger partial charge in [-0.3, -0.25) is 4.90 Å². The Balaban J connectivity index is 1.84. The van der Waals surface area contributed by atoms with E-state index in [9.17, 15) is 5.11 Å². The lowest BCUT2D eigenvalue weighted by atomic mass is 9.96. The largest absolute Gasteiger partial charge is 0.387 e. The highest BCUT2D eigenvalue weighted by Crippen LogP contribution is 2.38. The van der Waals surface area contributed by atoms with Crippen LogP contribution in [-0.2, 0) is 11.2 Å². The van der Waals surface area contributed by atoms with Gasteiger partial charge in [-0.15, -0.1) is 0 Å². The van der Waals surface area contributed by atoms with Crippen LogP contribution in [0.1, 0.15) is 44.9 Å². The van der Waals surface area contributed by atoms with Gasteiger partial charge in [-0.2, -0.15) is 0 Å². The molecule has 2 aliphatic rings. The zero-order chi connectivity index (χ0) is 14.5. The molecule has 1 saturated heterocycles. The van der Waals surface area contributed by atoms with Crippen LogP contribution in [0.3, 0.4) is 0 Å². The fourth-order valence-corrected chi connectivity index (χ4v) is 3.96. The summed E-state index contributed by atoms with van der Waals surface area (Å²) in [5, 5.41) is 10.7. The van der Waals surface area contributed by atoms with Gasteiger partial charge in [-0.25, -0.2) is 0 Å². The van der Waals surface area contributed by atoms with Crippen LogP contribution in [0.4, 0.5) is 0 Å². The third kappa shape index (κ3) is 2.50. The molecule has 0 radical (unpaired) electrons. The van der Waals surface area contributed by atoms with Crippen LogP contribution in [0.25, 0.3) is 0 Å². The molecule has 3 rings (SSSR count). The summed E-state index contributed by atoms with van der Waals surface area (Å²) in [5.74, 6) is 0. The van der Waals surface area contributed by atoms with Crippen LogP contribution < -0.4 is 0 Å². The van der Waals surface area contributed by atoms with E-state index in [1.54, 1.807) is 0 Å². The second kappa shape index (κ2) is 4.55. The highest BCUT2D eigenvalue weighted by atomic mass is 16.5. The standard InChI is InChI=1S/C17H25NO2/c1-16(2)10-18(11-17(3,4)20-16)14-9-12-7-5-6-8-13(12)15(14)19/h5-8,14-15,19H,9-11H2,1-4H3. The van der Waals surface area contributed by atoms with E-state index in [1.807, 2.05) is 6.07 Å². The van der Waals surface area contributed by atoms with E-state index in [-0.39, 0.29) is 23.3 Å². The minimum atomic E-state index is -0.379. The van der Waals surface area contributed by atoms with Gasteiger partial charge < -0.3 is 9.84 Å². The van der Waals surface area contributed by atoms with E-state index in [1.165, 1.54) is 5.56 Å². The summed E-state index contributed by atoms with van der Waals surface area (Å²) in [6, 6.07) is 8.43. The van der Waals surface area contributed by atoms with Gasteiger partial charge in [-0.05, 0) is 45.2 Å². The SMILES string of the molecule is CC1(C)CN(C2Cc3ccccc3C2O)CC(C)(C)O1. The summed E-state index contributed by atoms with van der Waals surface area (Å²) < 4.78 is 6.14. The van der Waals surface area contributed by atoms with E-state index in [4.69, 9.17) is 4.74 Å². The van der Waals surface area contributed by atoms with Crippen LogP contribution >= 0.6 is 0 Å². The molecule has 2 atom stereocenters. The summed E-state index contributed by atoms with van der Waals surface area (Å²) in [6.45, 7) is 10.3. The Morgan fingerprint density at radius 3 is 2.30 bits per heavy atom. The van der Waals surface area contributed by atoms with Gasteiger partial charge in [0.25, 0.3) is 0 Å². The maximum Gasteiger partial charge on any atom is 0.0951 e. The maximum absolute atomic E-state index is 10.7. The van der Waals surface area contributed by atoms with E-state index in [0.717, 1.165) is 25.1 Å². The first-order chi connectivity index (χ1) is 9.27. The average molecular weight is 275 g/mol. The van der Waals surface area contributed by atoms with Gasteiger partial charge in [-0.1, -0.05) is 24.3 Å². The van der Waals surface area contributed by atoms with Gasteiger partial charge in [0, 0.05) is 19.1 Å².